The minimum atomic E-state index is -3.16. The number of hydrogen-bond donors (Lipinski definition) is 0. The number of carbonyl (C=O) groups is 1. The molecule has 0 aromatic heterocycles. The number of aliphatic imine (C=N–C) groups is 1. The van der Waals surface area contributed by atoms with Gasteiger partial charge in [-0.2, -0.15) is 0 Å². The van der Waals surface area contributed by atoms with Gasteiger partial charge in [0.1, 0.15) is 6.17 Å². The number of nitrogens with zero attached hydrogens (tertiary/aromatic N) is 2. The van der Waals surface area contributed by atoms with E-state index in [9.17, 15) is 18.0 Å². The van der Waals surface area contributed by atoms with Crippen LogP contribution in [0.1, 0.15) is 67.2 Å². The van der Waals surface area contributed by atoms with Gasteiger partial charge in [0.15, 0.2) is 0 Å². The highest BCUT2D eigenvalue weighted by Crippen LogP contribution is 2.34. The lowest BCUT2D eigenvalue weighted by atomic mass is 9.92. The third-order valence-electron chi connectivity index (χ3n) is 5.62. The SMILES string of the molecule is C=C(CN(CCCC)C(=O)/C(C=NC(C)CC)=C(/C)C(C)(F)F)C1=C(Cl)CC(F)C=C1C. The zero-order chi connectivity index (χ0) is 24.6. The third-order valence-corrected chi connectivity index (χ3v) is 5.96. The first-order chi connectivity index (χ1) is 14.8. The van der Waals surface area contributed by atoms with Crippen LogP contribution in [0.2, 0.25) is 0 Å². The van der Waals surface area contributed by atoms with Crippen LogP contribution < -0.4 is 0 Å². The van der Waals surface area contributed by atoms with Gasteiger partial charge in [-0.1, -0.05) is 38.4 Å². The summed E-state index contributed by atoms with van der Waals surface area (Å²) in [6.45, 7) is 14.1. The van der Waals surface area contributed by atoms with Crippen LogP contribution in [0, 0.1) is 0 Å². The first-order valence-corrected chi connectivity index (χ1v) is 11.5. The zero-order valence-corrected chi connectivity index (χ0v) is 20.8. The number of alkyl halides is 3. The second-order valence-electron chi connectivity index (χ2n) is 8.50. The molecule has 0 saturated carbocycles. The standard InChI is InChI=1S/C25H36ClF3N2O/c1-8-10-11-31(15-17(4)23-16(3)12-20(27)13-22(23)26)24(32)21(14-30-18(5)9-2)19(6)25(7,28)29/h12,14,18,20H,4,8-11,13,15H2,1-3,5-7H3/b21-19-,30-14?. The Morgan fingerprint density at radius 3 is 2.56 bits per heavy atom. The lowest BCUT2D eigenvalue weighted by Crippen LogP contribution is -2.37. The minimum absolute atomic E-state index is 0.0596. The van der Waals surface area contributed by atoms with Gasteiger partial charge in [0.25, 0.3) is 11.8 Å². The largest absolute Gasteiger partial charge is 0.334 e. The number of amides is 1. The van der Waals surface area contributed by atoms with Gasteiger partial charge in [-0.15, -0.1) is 0 Å². The van der Waals surface area contributed by atoms with Crippen LogP contribution in [-0.2, 0) is 4.79 Å². The molecule has 2 unspecified atom stereocenters. The lowest BCUT2D eigenvalue weighted by Gasteiger charge is -2.28. The van der Waals surface area contributed by atoms with Crippen molar-refractivity contribution in [2.24, 2.45) is 4.99 Å². The van der Waals surface area contributed by atoms with Gasteiger partial charge >= 0.3 is 0 Å². The fourth-order valence-electron chi connectivity index (χ4n) is 3.31. The molecule has 0 fully saturated rings. The molecule has 0 aromatic rings. The first kappa shape index (κ1) is 28.2. The van der Waals surface area contributed by atoms with Crippen molar-refractivity contribution in [3.05, 3.63) is 45.6 Å². The Balaban J connectivity index is 3.34. The molecular weight excluding hydrogens is 437 g/mol. The maximum Gasteiger partial charge on any atom is 0.267 e. The topological polar surface area (TPSA) is 32.7 Å². The molecule has 180 valence electrons. The molecule has 3 nitrogen and oxygen atoms in total. The van der Waals surface area contributed by atoms with E-state index >= 15 is 0 Å². The summed E-state index contributed by atoms with van der Waals surface area (Å²) in [4.78, 5) is 19.3. The maximum atomic E-state index is 14.2. The third kappa shape index (κ3) is 7.95. The second kappa shape index (κ2) is 12.4. The Kier molecular flexibility index (Phi) is 11.0. The van der Waals surface area contributed by atoms with Crippen LogP contribution in [-0.4, -0.2) is 48.2 Å². The molecule has 0 heterocycles. The molecule has 1 aliphatic rings. The monoisotopic (exact) mass is 472 g/mol. The number of halogens is 4. The Hall–Kier alpha value is -1.82. The molecule has 1 rings (SSSR count). The van der Waals surface area contributed by atoms with Crippen molar-refractivity contribution in [3.8, 4) is 0 Å². The van der Waals surface area contributed by atoms with Gasteiger partial charge < -0.3 is 4.90 Å². The van der Waals surface area contributed by atoms with E-state index in [2.05, 4.69) is 11.6 Å². The van der Waals surface area contributed by atoms with E-state index in [-0.39, 0.29) is 30.2 Å². The van der Waals surface area contributed by atoms with Crippen molar-refractivity contribution in [1.29, 1.82) is 0 Å². The van der Waals surface area contributed by atoms with Gasteiger partial charge in [0, 0.05) is 49.3 Å². The van der Waals surface area contributed by atoms with Gasteiger partial charge in [0.2, 0.25) is 0 Å². The smallest absolute Gasteiger partial charge is 0.267 e. The van der Waals surface area contributed by atoms with E-state index in [1.54, 1.807) is 6.92 Å². The number of hydrogen-bond acceptors (Lipinski definition) is 2. The highest BCUT2D eigenvalue weighted by atomic mass is 35.5. The Morgan fingerprint density at radius 1 is 1.44 bits per heavy atom. The minimum Gasteiger partial charge on any atom is -0.334 e. The number of rotatable bonds is 11. The Morgan fingerprint density at radius 2 is 2.06 bits per heavy atom. The Bertz CT molecular complexity index is 822. The summed E-state index contributed by atoms with van der Waals surface area (Å²) in [5, 5.41) is 0.357. The van der Waals surface area contributed by atoms with Crippen molar-refractivity contribution < 1.29 is 18.0 Å². The van der Waals surface area contributed by atoms with Crippen LogP contribution in [0.15, 0.2) is 50.5 Å². The summed E-state index contributed by atoms with van der Waals surface area (Å²) < 4.78 is 42.1. The van der Waals surface area contributed by atoms with E-state index in [0.29, 0.717) is 34.7 Å². The molecular formula is C25H36ClF3N2O. The van der Waals surface area contributed by atoms with Crippen LogP contribution in [0.3, 0.4) is 0 Å². The predicted octanol–water partition coefficient (Wildman–Crippen LogP) is 7.19. The summed E-state index contributed by atoms with van der Waals surface area (Å²) in [5.41, 5.74) is 1.41. The maximum absolute atomic E-state index is 14.2. The van der Waals surface area contributed by atoms with E-state index in [1.807, 2.05) is 20.8 Å². The van der Waals surface area contributed by atoms with Crippen LogP contribution in [0.5, 0.6) is 0 Å². The second-order valence-corrected chi connectivity index (χ2v) is 8.95. The molecule has 0 saturated heterocycles. The van der Waals surface area contributed by atoms with Gasteiger partial charge in [0.05, 0.1) is 5.57 Å². The fraction of sp³-hybridized carbons (Fsp3) is 0.600. The molecule has 1 aliphatic carbocycles. The number of allylic oxidation sites excluding steroid dienone is 4. The fourth-order valence-corrected chi connectivity index (χ4v) is 3.74. The summed E-state index contributed by atoms with van der Waals surface area (Å²) in [6.07, 6.45) is 3.91. The van der Waals surface area contributed by atoms with Gasteiger partial charge in [-0.05, 0) is 56.4 Å². The average molecular weight is 473 g/mol. The summed E-state index contributed by atoms with van der Waals surface area (Å²) in [5.74, 6) is -3.69. The van der Waals surface area contributed by atoms with Crippen LogP contribution in [0.25, 0.3) is 0 Å². The summed E-state index contributed by atoms with van der Waals surface area (Å²) >= 11 is 6.31. The lowest BCUT2D eigenvalue weighted by molar-refractivity contribution is -0.126. The van der Waals surface area contributed by atoms with Crippen LogP contribution in [0.4, 0.5) is 13.2 Å². The van der Waals surface area contributed by atoms with Crippen LogP contribution >= 0.6 is 11.6 Å². The molecule has 0 radical (unpaired) electrons. The van der Waals surface area contributed by atoms with Crippen molar-refractivity contribution in [2.75, 3.05) is 13.1 Å². The van der Waals surface area contributed by atoms with Gasteiger partial charge in [-0.25, -0.2) is 13.2 Å². The molecule has 1 amide bonds. The molecule has 32 heavy (non-hydrogen) atoms. The molecule has 0 aromatic carbocycles. The highest BCUT2D eigenvalue weighted by molar-refractivity contribution is 6.30. The zero-order valence-electron chi connectivity index (χ0n) is 20.1. The molecule has 2 atom stereocenters. The van der Waals surface area contributed by atoms with Crippen molar-refractivity contribution in [3.63, 3.8) is 0 Å². The van der Waals surface area contributed by atoms with E-state index in [4.69, 9.17) is 11.6 Å². The molecule has 0 aliphatic heterocycles. The van der Waals surface area contributed by atoms with Crippen molar-refractivity contribution >= 4 is 23.7 Å². The number of carbonyl (C=O) groups excluding carboxylic acids is 1. The molecule has 7 heteroatoms. The van der Waals surface area contributed by atoms with E-state index in [0.717, 1.165) is 19.8 Å². The summed E-state index contributed by atoms with van der Waals surface area (Å²) in [7, 11) is 0. The Labute approximate surface area is 195 Å². The van der Waals surface area contributed by atoms with Crippen molar-refractivity contribution in [1.82, 2.24) is 4.90 Å². The summed E-state index contributed by atoms with van der Waals surface area (Å²) in [6, 6.07) is -0.0947. The first-order valence-electron chi connectivity index (χ1n) is 11.1. The molecule has 0 spiro atoms. The van der Waals surface area contributed by atoms with E-state index < -0.39 is 18.0 Å². The number of unbranched alkanes of at least 4 members (excludes halogenated alkanes) is 1. The van der Waals surface area contributed by atoms with Crippen molar-refractivity contribution in [2.45, 2.75) is 85.4 Å². The van der Waals surface area contributed by atoms with E-state index in [1.165, 1.54) is 24.1 Å². The normalized spacial score (nSPS) is 19.1. The molecule has 0 bridgehead atoms. The predicted molar refractivity (Wildman–Crippen MR) is 128 cm³/mol. The molecule has 0 N–H and O–H groups in total. The quantitative estimate of drug-likeness (QED) is 0.231. The highest BCUT2D eigenvalue weighted by Gasteiger charge is 2.31. The average Bonchev–Trinajstić information content (AvgIpc) is 2.69. The van der Waals surface area contributed by atoms with Gasteiger partial charge in [-0.3, -0.25) is 9.79 Å².